The van der Waals surface area contributed by atoms with Crippen molar-refractivity contribution in [1.29, 1.82) is 0 Å². The second-order valence-corrected chi connectivity index (χ2v) is 19.6. The van der Waals surface area contributed by atoms with Crippen LogP contribution in [0.5, 0.6) is 0 Å². The molecular formula is C60H111NO5. The van der Waals surface area contributed by atoms with E-state index < -0.39 is 12.1 Å². The van der Waals surface area contributed by atoms with Crippen LogP contribution in [-0.4, -0.2) is 47.4 Å². The van der Waals surface area contributed by atoms with E-state index in [1.807, 2.05) is 6.08 Å². The second kappa shape index (κ2) is 55.4. The van der Waals surface area contributed by atoms with E-state index in [2.05, 4.69) is 55.6 Å². The van der Waals surface area contributed by atoms with Crippen LogP contribution >= 0.6 is 0 Å². The Morgan fingerprint density at radius 3 is 1.17 bits per heavy atom. The van der Waals surface area contributed by atoms with Crippen molar-refractivity contribution in [1.82, 2.24) is 5.32 Å². The van der Waals surface area contributed by atoms with E-state index >= 15 is 0 Å². The van der Waals surface area contributed by atoms with Gasteiger partial charge in [0.25, 0.3) is 0 Å². The van der Waals surface area contributed by atoms with Crippen molar-refractivity contribution in [3.63, 3.8) is 0 Å². The number of hydrogen-bond donors (Lipinski definition) is 3. The first-order chi connectivity index (χ1) is 32.5. The van der Waals surface area contributed by atoms with Crippen molar-refractivity contribution in [3.05, 3.63) is 48.6 Å². The van der Waals surface area contributed by atoms with Crippen molar-refractivity contribution >= 4 is 11.9 Å². The van der Waals surface area contributed by atoms with Crippen molar-refractivity contribution < 1.29 is 24.5 Å². The van der Waals surface area contributed by atoms with Crippen LogP contribution in [0.25, 0.3) is 0 Å². The van der Waals surface area contributed by atoms with Crippen LogP contribution in [0.15, 0.2) is 48.6 Å². The molecule has 0 radical (unpaired) electrons. The van der Waals surface area contributed by atoms with Crippen LogP contribution in [0.4, 0.5) is 0 Å². The summed E-state index contributed by atoms with van der Waals surface area (Å²) in [6, 6.07) is -0.631. The average Bonchev–Trinajstić information content (AvgIpc) is 3.32. The Bertz CT molecular complexity index is 1110. The van der Waals surface area contributed by atoms with Crippen LogP contribution in [0.2, 0.25) is 0 Å². The average molecular weight is 927 g/mol. The summed E-state index contributed by atoms with van der Waals surface area (Å²) in [5.74, 6) is -0.0777. The molecule has 6 nitrogen and oxygen atoms in total. The number of aliphatic hydroxyl groups is 2. The predicted molar refractivity (Wildman–Crippen MR) is 287 cm³/mol. The fourth-order valence-electron chi connectivity index (χ4n) is 8.60. The lowest BCUT2D eigenvalue weighted by molar-refractivity contribution is -0.143. The molecule has 0 spiro atoms. The molecule has 0 saturated carbocycles. The number of carbonyl (C=O) groups is 2. The van der Waals surface area contributed by atoms with E-state index in [0.29, 0.717) is 19.4 Å². The zero-order valence-corrected chi connectivity index (χ0v) is 43.9. The fourth-order valence-corrected chi connectivity index (χ4v) is 8.60. The Morgan fingerprint density at radius 1 is 0.424 bits per heavy atom. The highest BCUT2D eigenvalue weighted by atomic mass is 16.5. The van der Waals surface area contributed by atoms with Crippen LogP contribution < -0.4 is 5.32 Å². The fraction of sp³-hybridized carbons (Fsp3) is 0.833. The van der Waals surface area contributed by atoms with Gasteiger partial charge in [0.1, 0.15) is 0 Å². The molecule has 66 heavy (non-hydrogen) atoms. The molecule has 386 valence electrons. The number of aliphatic hydroxyl groups excluding tert-OH is 2. The molecule has 0 rings (SSSR count). The van der Waals surface area contributed by atoms with Crippen LogP contribution in [0.3, 0.4) is 0 Å². The molecular weight excluding hydrogens is 815 g/mol. The van der Waals surface area contributed by atoms with Gasteiger partial charge in [-0.05, 0) is 89.9 Å². The third-order valence-corrected chi connectivity index (χ3v) is 13.1. The highest BCUT2D eigenvalue weighted by molar-refractivity contribution is 5.76. The normalized spacial score (nSPS) is 13.0. The molecule has 1 amide bonds. The highest BCUT2D eigenvalue weighted by Gasteiger charge is 2.18. The van der Waals surface area contributed by atoms with E-state index in [0.717, 1.165) is 51.4 Å². The summed E-state index contributed by atoms with van der Waals surface area (Å²) >= 11 is 0. The topological polar surface area (TPSA) is 95.9 Å². The molecule has 0 bridgehead atoms. The Kier molecular flexibility index (Phi) is 53.6. The van der Waals surface area contributed by atoms with E-state index in [4.69, 9.17) is 4.74 Å². The molecule has 2 unspecified atom stereocenters. The Labute approximate surface area is 410 Å². The van der Waals surface area contributed by atoms with Gasteiger partial charge in [0, 0.05) is 12.8 Å². The lowest BCUT2D eigenvalue weighted by Crippen LogP contribution is -2.45. The first kappa shape index (κ1) is 63.8. The van der Waals surface area contributed by atoms with Gasteiger partial charge in [-0.25, -0.2) is 0 Å². The van der Waals surface area contributed by atoms with Gasteiger partial charge in [-0.1, -0.05) is 242 Å². The number of hydrogen-bond acceptors (Lipinski definition) is 5. The molecule has 0 aliphatic carbocycles. The molecule has 0 aliphatic rings. The summed E-state index contributed by atoms with van der Waals surface area (Å²) < 4.78 is 5.47. The number of unbranched alkanes of at least 4 members (excludes halogenated alkanes) is 36. The molecule has 0 aromatic carbocycles. The Morgan fingerprint density at radius 2 is 0.758 bits per heavy atom. The smallest absolute Gasteiger partial charge is 0.305 e. The van der Waals surface area contributed by atoms with E-state index in [1.165, 1.54) is 218 Å². The van der Waals surface area contributed by atoms with Gasteiger partial charge in [-0.2, -0.15) is 0 Å². The third-order valence-electron chi connectivity index (χ3n) is 13.1. The van der Waals surface area contributed by atoms with Gasteiger partial charge in [-0.15, -0.1) is 0 Å². The number of rotatable bonds is 53. The minimum Gasteiger partial charge on any atom is -0.466 e. The van der Waals surface area contributed by atoms with Gasteiger partial charge in [0.05, 0.1) is 25.4 Å². The minimum atomic E-state index is -0.847. The first-order valence-corrected chi connectivity index (χ1v) is 28.9. The molecule has 6 heteroatoms. The number of carbonyl (C=O) groups excluding carboxylic acids is 2. The maximum atomic E-state index is 12.4. The standard InChI is InChI=1S/C60H111NO5/c1-3-5-7-9-11-13-14-15-27-31-34-38-42-46-50-54-60(65)66-55-51-47-43-39-35-32-29-26-24-22-20-18-16-17-19-21-23-25-28-30-33-37-41-45-49-53-59(64)61-57(56-62)58(63)52-48-44-40-36-12-10-8-6-4-2/h15,17-20,27,48,52,57-58,62-63H,3-14,16,21-26,28-47,49-51,53-56H2,1-2H3,(H,61,64)/b19-17-,20-18-,27-15-,52-48+. The van der Waals surface area contributed by atoms with Crippen LogP contribution in [-0.2, 0) is 14.3 Å². The minimum absolute atomic E-state index is 0.000106. The largest absolute Gasteiger partial charge is 0.466 e. The summed E-state index contributed by atoms with van der Waals surface area (Å²) in [6.45, 7) is 4.86. The third kappa shape index (κ3) is 51.2. The summed E-state index contributed by atoms with van der Waals surface area (Å²) in [6.07, 6.45) is 70.0. The monoisotopic (exact) mass is 926 g/mol. The van der Waals surface area contributed by atoms with Crippen molar-refractivity contribution in [2.24, 2.45) is 0 Å². The van der Waals surface area contributed by atoms with Crippen molar-refractivity contribution in [2.75, 3.05) is 13.2 Å². The SMILES string of the molecule is CCCCCCCC/C=C\CCCCCCCC(=O)OCCCCCCCCCCC/C=C\C/C=C\CCCCCCCCCCCC(=O)NC(CO)C(O)/C=C/CCCCCCCCC. The highest BCUT2D eigenvalue weighted by Crippen LogP contribution is 2.15. The summed E-state index contributed by atoms with van der Waals surface area (Å²) in [4.78, 5) is 24.4. The molecule has 0 heterocycles. The Hall–Kier alpha value is -2.18. The lowest BCUT2D eigenvalue weighted by atomic mass is 10.0. The van der Waals surface area contributed by atoms with Gasteiger partial charge in [0.15, 0.2) is 0 Å². The number of amides is 1. The molecule has 3 N–H and O–H groups in total. The molecule has 0 aromatic rings. The molecule has 0 aliphatic heterocycles. The van der Waals surface area contributed by atoms with Crippen LogP contribution in [0.1, 0.15) is 296 Å². The lowest BCUT2D eigenvalue weighted by Gasteiger charge is -2.20. The number of esters is 1. The number of nitrogens with one attached hydrogen (secondary N) is 1. The number of allylic oxidation sites excluding steroid dienone is 7. The van der Waals surface area contributed by atoms with Crippen LogP contribution in [0, 0.1) is 0 Å². The summed E-state index contributed by atoms with van der Waals surface area (Å²) in [5.41, 5.74) is 0. The molecule has 0 aromatic heterocycles. The van der Waals surface area contributed by atoms with Crippen molar-refractivity contribution in [3.8, 4) is 0 Å². The van der Waals surface area contributed by atoms with E-state index in [1.54, 1.807) is 6.08 Å². The summed E-state index contributed by atoms with van der Waals surface area (Å²) in [5, 5.41) is 22.9. The quantitative estimate of drug-likeness (QED) is 0.0321. The maximum Gasteiger partial charge on any atom is 0.305 e. The van der Waals surface area contributed by atoms with Gasteiger partial charge < -0.3 is 20.3 Å². The molecule has 2 atom stereocenters. The predicted octanol–water partition coefficient (Wildman–Crippen LogP) is 17.8. The van der Waals surface area contributed by atoms with Gasteiger partial charge in [-0.3, -0.25) is 9.59 Å². The van der Waals surface area contributed by atoms with Crippen molar-refractivity contribution in [2.45, 2.75) is 309 Å². The first-order valence-electron chi connectivity index (χ1n) is 28.9. The summed E-state index contributed by atoms with van der Waals surface area (Å²) in [7, 11) is 0. The van der Waals surface area contributed by atoms with E-state index in [9.17, 15) is 19.8 Å². The van der Waals surface area contributed by atoms with Gasteiger partial charge >= 0.3 is 5.97 Å². The van der Waals surface area contributed by atoms with Gasteiger partial charge in [0.2, 0.25) is 5.91 Å². The molecule has 0 fully saturated rings. The zero-order valence-electron chi connectivity index (χ0n) is 43.9. The number of ether oxygens (including phenoxy) is 1. The Balaban J connectivity index is 3.43. The second-order valence-electron chi connectivity index (χ2n) is 19.6. The zero-order chi connectivity index (χ0) is 47.9. The maximum absolute atomic E-state index is 12.4. The molecule has 0 saturated heterocycles. The van der Waals surface area contributed by atoms with E-state index in [-0.39, 0.29) is 18.5 Å².